The number of rotatable bonds is 5. The molecule has 0 aliphatic heterocycles. The molecule has 1 saturated carbocycles. The number of nitrogens with one attached hydrogen (secondary N) is 2. The first-order valence-corrected chi connectivity index (χ1v) is 12.6. The fourth-order valence-corrected chi connectivity index (χ4v) is 4.76. The zero-order valence-corrected chi connectivity index (χ0v) is 20.9. The van der Waals surface area contributed by atoms with E-state index in [1.807, 2.05) is 44.6 Å². The van der Waals surface area contributed by atoms with Crippen LogP contribution in [0.15, 0.2) is 73.2 Å². The summed E-state index contributed by atoms with van der Waals surface area (Å²) in [6.07, 6.45) is 11.0. The number of carbonyl (C=O) groups excluding carboxylic acids is 1. The summed E-state index contributed by atoms with van der Waals surface area (Å²) in [6.45, 7) is 6.88. The Balaban J connectivity index is 0.000000207. The molecule has 1 fully saturated rings. The number of carbonyl (C=O) groups is 1. The minimum atomic E-state index is -0.208. The molecule has 1 aliphatic rings. The minimum absolute atomic E-state index is 0.208. The van der Waals surface area contributed by atoms with Crippen LogP contribution in [-0.4, -0.2) is 22.9 Å². The Morgan fingerprint density at radius 3 is 2.43 bits per heavy atom. The molecule has 0 radical (unpaired) electrons. The van der Waals surface area contributed by atoms with Crippen LogP contribution >= 0.6 is 0 Å². The van der Waals surface area contributed by atoms with Crippen molar-refractivity contribution in [2.45, 2.75) is 52.4 Å². The number of fused-ring (bicyclic) bond motifs is 1. The molecule has 2 N–H and O–H groups in total. The lowest BCUT2D eigenvalue weighted by molar-refractivity contribution is -0.109. The van der Waals surface area contributed by atoms with E-state index < -0.39 is 0 Å². The topological polar surface area (TPSA) is 57.8 Å². The molecule has 2 aromatic heterocycles. The number of halogens is 1. The van der Waals surface area contributed by atoms with E-state index in [0.717, 1.165) is 49.5 Å². The maximum Gasteiger partial charge on any atom is 0.207 e. The first kappa shape index (κ1) is 26.1. The number of aryl methyl sites for hydroxylation is 1. The molecule has 2 heterocycles. The summed E-state index contributed by atoms with van der Waals surface area (Å²) in [4.78, 5) is 17.8. The highest BCUT2D eigenvalue weighted by Gasteiger charge is 2.23. The van der Waals surface area contributed by atoms with Crippen LogP contribution in [0.4, 0.5) is 4.39 Å². The summed E-state index contributed by atoms with van der Waals surface area (Å²) >= 11 is 0. The molecule has 1 amide bonds. The van der Waals surface area contributed by atoms with Gasteiger partial charge in [-0.2, -0.15) is 0 Å². The molecular formula is C30H36FN3O. The number of nitrogens with zero attached hydrogens (tertiary/aromatic N) is 1. The van der Waals surface area contributed by atoms with Gasteiger partial charge in [-0.25, -0.2) is 4.39 Å². The Kier molecular flexibility index (Phi) is 10.0. The molecule has 1 aliphatic carbocycles. The SMILES string of the molecule is CC.Cc1c[nH]cc1-c1ccccc1.O=CNCC1CCC(c2ccnc3ccc(F)cc23)CC1. The van der Waals surface area contributed by atoms with Crippen molar-refractivity contribution in [2.24, 2.45) is 5.92 Å². The fourth-order valence-electron chi connectivity index (χ4n) is 4.76. The van der Waals surface area contributed by atoms with Crippen molar-refractivity contribution in [3.63, 3.8) is 0 Å². The van der Waals surface area contributed by atoms with Crippen LogP contribution in [0.3, 0.4) is 0 Å². The summed E-state index contributed by atoms with van der Waals surface area (Å²) in [5, 5.41) is 3.71. The van der Waals surface area contributed by atoms with E-state index in [0.29, 0.717) is 11.8 Å². The van der Waals surface area contributed by atoms with Crippen LogP contribution in [0.25, 0.3) is 22.0 Å². The third-order valence-corrected chi connectivity index (χ3v) is 6.55. The molecule has 0 unspecified atom stereocenters. The van der Waals surface area contributed by atoms with Gasteiger partial charge < -0.3 is 10.3 Å². The normalized spacial score (nSPS) is 16.9. The van der Waals surface area contributed by atoms with Gasteiger partial charge in [0.25, 0.3) is 0 Å². The zero-order valence-electron chi connectivity index (χ0n) is 20.9. The smallest absolute Gasteiger partial charge is 0.207 e. The number of aromatic amines is 1. The average Bonchev–Trinajstić information content (AvgIpc) is 3.35. The van der Waals surface area contributed by atoms with Crippen molar-refractivity contribution < 1.29 is 9.18 Å². The summed E-state index contributed by atoms with van der Waals surface area (Å²) in [6, 6.07) is 17.2. The Morgan fingerprint density at radius 2 is 1.77 bits per heavy atom. The monoisotopic (exact) mass is 473 g/mol. The lowest BCUT2D eigenvalue weighted by Gasteiger charge is -2.29. The molecule has 0 atom stereocenters. The maximum absolute atomic E-state index is 13.5. The standard InChI is InChI=1S/C17H19FN2O.C11H11N.C2H6/c18-14-5-6-17-16(9-14)15(7-8-20-17)13-3-1-12(2-4-13)10-19-11-21;1-9-7-12-8-11(9)10-5-3-2-4-6-10;1-2/h5-9,11-13H,1-4,10H2,(H,19,21);2-8,12H,1H3;1-2H3. The number of pyridine rings is 1. The number of amides is 1. The van der Waals surface area contributed by atoms with Crippen molar-refractivity contribution in [2.75, 3.05) is 6.54 Å². The second-order valence-electron chi connectivity index (χ2n) is 8.72. The Bertz CT molecular complexity index is 1180. The molecular weight excluding hydrogens is 437 g/mol. The van der Waals surface area contributed by atoms with E-state index in [4.69, 9.17) is 0 Å². The minimum Gasteiger partial charge on any atom is -0.367 e. The second kappa shape index (κ2) is 13.4. The highest BCUT2D eigenvalue weighted by Crippen LogP contribution is 2.38. The van der Waals surface area contributed by atoms with Crippen molar-refractivity contribution >= 4 is 17.3 Å². The number of hydrogen-bond donors (Lipinski definition) is 2. The molecule has 35 heavy (non-hydrogen) atoms. The number of aromatic nitrogens is 2. The van der Waals surface area contributed by atoms with Gasteiger partial charge in [-0.3, -0.25) is 9.78 Å². The van der Waals surface area contributed by atoms with Gasteiger partial charge in [-0.05, 0) is 85.4 Å². The molecule has 2 aromatic carbocycles. The molecule has 0 bridgehead atoms. The van der Waals surface area contributed by atoms with E-state index in [1.54, 1.807) is 12.1 Å². The lowest BCUT2D eigenvalue weighted by Crippen LogP contribution is -2.25. The lowest BCUT2D eigenvalue weighted by atomic mass is 9.78. The number of benzene rings is 2. The Hall–Kier alpha value is -3.47. The van der Waals surface area contributed by atoms with E-state index in [2.05, 4.69) is 46.5 Å². The van der Waals surface area contributed by atoms with E-state index in [-0.39, 0.29) is 5.82 Å². The van der Waals surface area contributed by atoms with Gasteiger partial charge in [0.1, 0.15) is 5.82 Å². The summed E-state index contributed by atoms with van der Waals surface area (Å²) < 4.78 is 13.5. The molecule has 5 heteroatoms. The van der Waals surface area contributed by atoms with Gasteiger partial charge in [0, 0.05) is 36.1 Å². The van der Waals surface area contributed by atoms with Crippen LogP contribution in [-0.2, 0) is 4.79 Å². The largest absolute Gasteiger partial charge is 0.367 e. The summed E-state index contributed by atoms with van der Waals surface area (Å²) in [5.41, 5.74) is 5.92. The Labute approximate surface area is 208 Å². The van der Waals surface area contributed by atoms with Crippen molar-refractivity contribution in [3.8, 4) is 11.1 Å². The highest BCUT2D eigenvalue weighted by atomic mass is 19.1. The van der Waals surface area contributed by atoms with Gasteiger partial charge in [0.05, 0.1) is 5.52 Å². The quantitative estimate of drug-likeness (QED) is 0.297. The zero-order chi connectivity index (χ0) is 25.0. The van der Waals surface area contributed by atoms with Crippen LogP contribution in [0, 0.1) is 18.7 Å². The predicted molar refractivity (Wildman–Crippen MR) is 143 cm³/mol. The molecule has 5 rings (SSSR count). The van der Waals surface area contributed by atoms with Crippen LogP contribution in [0.1, 0.15) is 56.6 Å². The van der Waals surface area contributed by atoms with Crippen molar-refractivity contribution in [1.29, 1.82) is 0 Å². The van der Waals surface area contributed by atoms with Crippen LogP contribution in [0.2, 0.25) is 0 Å². The van der Waals surface area contributed by atoms with Crippen LogP contribution in [0.5, 0.6) is 0 Å². The van der Waals surface area contributed by atoms with Gasteiger partial charge >= 0.3 is 0 Å². The molecule has 4 nitrogen and oxygen atoms in total. The van der Waals surface area contributed by atoms with Gasteiger partial charge in [0.2, 0.25) is 6.41 Å². The summed E-state index contributed by atoms with van der Waals surface area (Å²) in [7, 11) is 0. The van der Waals surface area contributed by atoms with Gasteiger partial charge in [0.15, 0.2) is 0 Å². The molecule has 184 valence electrons. The van der Waals surface area contributed by atoms with Gasteiger partial charge in [-0.15, -0.1) is 0 Å². The third kappa shape index (κ3) is 7.01. The van der Waals surface area contributed by atoms with E-state index in [1.165, 1.54) is 28.3 Å². The van der Waals surface area contributed by atoms with Gasteiger partial charge in [-0.1, -0.05) is 44.2 Å². The van der Waals surface area contributed by atoms with Crippen molar-refractivity contribution in [1.82, 2.24) is 15.3 Å². The van der Waals surface area contributed by atoms with Crippen molar-refractivity contribution in [3.05, 3.63) is 90.1 Å². The average molecular weight is 474 g/mol. The molecule has 0 saturated heterocycles. The summed E-state index contributed by atoms with van der Waals surface area (Å²) in [5.74, 6) is 0.821. The second-order valence-corrected chi connectivity index (χ2v) is 8.72. The third-order valence-electron chi connectivity index (χ3n) is 6.55. The van der Waals surface area contributed by atoms with Crippen LogP contribution < -0.4 is 5.32 Å². The van der Waals surface area contributed by atoms with E-state index >= 15 is 0 Å². The number of hydrogen-bond acceptors (Lipinski definition) is 2. The van der Waals surface area contributed by atoms with E-state index in [9.17, 15) is 9.18 Å². The first-order valence-electron chi connectivity index (χ1n) is 12.6. The maximum atomic E-state index is 13.5. The fraction of sp³-hybridized carbons (Fsp3) is 0.333. The molecule has 4 aromatic rings. The highest BCUT2D eigenvalue weighted by molar-refractivity contribution is 5.82. The number of H-pyrrole nitrogens is 1. The Morgan fingerprint density at radius 1 is 1.03 bits per heavy atom. The predicted octanol–water partition coefficient (Wildman–Crippen LogP) is 7.41. The molecule has 0 spiro atoms. The first-order chi connectivity index (χ1) is 17.2.